The second-order valence-corrected chi connectivity index (χ2v) is 5.75. The highest BCUT2D eigenvalue weighted by Gasteiger charge is 2.30. The zero-order valence-corrected chi connectivity index (χ0v) is 13.4. The molecule has 2 aromatic carbocycles. The van der Waals surface area contributed by atoms with E-state index in [0.29, 0.717) is 6.61 Å². The van der Waals surface area contributed by atoms with E-state index in [1.807, 2.05) is 48.5 Å². The van der Waals surface area contributed by atoms with E-state index in [2.05, 4.69) is 22.9 Å². The molecule has 0 fully saturated rings. The van der Waals surface area contributed by atoms with Crippen LogP contribution < -0.4 is 4.74 Å². The third-order valence-electron chi connectivity index (χ3n) is 3.27. The van der Waals surface area contributed by atoms with Gasteiger partial charge in [0.25, 0.3) is 0 Å². The van der Waals surface area contributed by atoms with Crippen molar-refractivity contribution in [1.82, 2.24) is 0 Å². The van der Waals surface area contributed by atoms with Crippen molar-refractivity contribution in [3.8, 4) is 5.75 Å². The van der Waals surface area contributed by atoms with Gasteiger partial charge in [0.15, 0.2) is 0 Å². The predicted octanol–water partition coefficient (Wildman–Crippen LogP) is 4.49. The van der Waals surface area contributed by atoms with E-state index in [0.717, 1.165) is 27.8 Å². The molecule has 0 radical (unpaired) electrons. The SMILES string of the molecule is CCCOc1ccccc1C(C)(O)c1ccccc1Br. The van der Waals surface area contributed by atoms with Crippen LogP contribution in [-0.2, 0) is 5.60 Å². The third-order valence-corrected chi connectivity index (χ3v) is 3.96. The van der Waals surface area contributed by atoms with Crippen LogP contribution in [0.3, 0.4) is 0 Å². The molecule has 3 heteroatoms. The van der Waals surface area contributed by atoms with Crippen molar-refractivity contribution < 1.29 is 9.84 Å². The summed E-state index contributed by atoms with van der Waals surface area (Å²) in [5.41, 5.74) is 0.498. The first kappa shape index (κ1) is 15.1. The molecule has 0 spiro atoms. The van der Waals surface area contributed by atoms with Gasteiger partial charge >= 0.3 is 0 Å². The minimum absolute atomic E-state index is 0.642. The van der Waals surface area contributed by atoms with Crippen LogP contribution in [0.5, 0.6) is 5.75 Å². The van der Waals surface area contributed by atoms with Crippen molar-refractivity contribution in [3.63, 3.8) is 0 Å². The van der Waals surface area contributed by atoms with E-state index >= 15 is 0 Å². The molecular formula is C17H19BrO2. The number of hydrogen-bond donors (Lipinski definition) is 1. The highest BCUT2D eigenvalue weighted by atomic mass is 79.9. The van der Waals surface area contributed by atoms with E-state index in [-0.39, 0.29) is 0 Å². The molecule has 2 rings (SSSR count). The van der Waals surface area contributed by atoms with Crippen molar-refractivity contribution in [2.45, 2.75) is 25.9 Å². The number of halogens is 1. The van der Waals surface area contributed by atoms with Gasteiger partial charge in [-0.15, -0.1) is 0 Å². The molecule has 1 unspecified atom stereocenters. The molecule has 106 valence electrons. The summed E-state index contributed by atoms with van der Waals surface area (Å²) in [6, 6.07) is 15.3. The van der Waals surface area contributed by atoms with Gasteiger partial charge in [-0.2, -0.15) is 0 Å². The Morgan fingerprint density at radius 3 is 2.30 bits per heavy atom. The molecule has 1 atom stereocenters. The zero-order chi connectivity index (χ0) is 14.6. The molecule has 0 aliphatic heterocycles. The third kappa shape index (κ3) is 3.05. The Morgan fingerprint density at radius 2 is 1.65 bits per heavy atom. The van der Waals surface area contributed by atoms with Crippen LogP contribution >= 0.6 is 15.9 Å². The smallest absolute Gasteiger partial charge is 0.125 e. The molecular weight excluding hydrogens is 316 g/mol. The van der Waals surface area contributed by atoms with Crippen molar-refractivity contribution >= 4 is 15.9 Å². The number of rotatable bonds is 5. The average molecular weight is 335 g/mol. The lowest BCUT2D eigenvalue weighted by Crippen LogP contribution is -2.24. The van der Waals surface area contributed by atoms with Gasteiger partial charge in [0.05, 0.1) is 6.61 Å². The maximum Gasteiger partial charge on any atom is 0.125 e. The maximum absolute atomic E-state index is 11.0. The fraction of sp³-hybridized carbons (Fsp3) is 0.294. The monoisotopic (exact) mass is 334 g/mol. The van der Waals surface area contributed by atoms with Crippen LogP contribution in [0, 0.1) is 0 Å². The van der Waals surface area contributed by atoms with Crippen LogP contribution in [0.2, 0.25) is 0 Å². The minimum atomic E-state index is -1.11. The Hall–Kier alpha value is -1.32. The van der Waals surface area contributed by atoms with Crippen molar-refractivity contribution in [2.24, 2.45) is 0 Å². The number of para-hydroxylation sites is 1. The van der Waals surface area contributed by atoms with E-state index in [9.17, 15) is 5.11 Å². The molecule has 1 N–H and O–H groups in total. The highest BCUT2D eigenvalue weighted by molar-refractivity contribution is 9.10. The fourth-order valence-corrected chi connectivity index (χ4v) is 2.88. The summed E-state index contributed by atoms with van der Waals surface area (Å²) in [6.07, 6.45) is 0.936. The molecule has 0 bridgehead atoms. The minimum Gasteiger partial charge on any atom is -0.493 e. The first-order chi connectivity index (χ1) is 9.57. The van der Waals surface area contributed by atoms with Gasteiger partial charge < -0.3 is 9.84 Å². The Labute approximate surface area is 128 Å². The molecule has 0 aliphatic rings. The average Bonchev–Trinajstić information content (AvgIpc) is 2.45. The van der Waals surface area contributed by atoms with E-state index in [4.69, 9.17) is 4.74 Å². The first-order valence-corrected chi connectivity index (χ1v) is 7.56. The molecule has 2 aromatic rings. The van der Waals surface area contributed by atoms with E-state index < -0.39 is 5.60 Å². The summed E-state index contributed by atoms with van der Waals surface area (Å²) in [4.78, 5) is 0. The molecule has 0 aromatic heterocycles. The molecule has 0 saturated carbocycles. The van der Waals surface area contributed by atoms with Crippen LogP contribution in [0.4, 0.5) is 0 Å². The topological polar surface area (TPSA) is 29.5 Å². The molecule has 20 heavy (non-hydrogen) atoms. The van der Waals surface area contributed by atoms with Gasteiger partial charge in [-0.25, -0.2) is 0 Å². The molecule has 0 amide bonds. The van der Waals surface area contributed by atoms with Gasteiger partial charge in [-0.3, -0.25) is 0 Å². The van der Waals surface area contributed by atoms with Gasteiger partial charge in [-0.05, 0) is 25.5 Å². The molecule has 0 saturated heterocycles. The summed E-state index contributed by atoms with van der Waals surface area (Å²) in [5.74, 6) is 0.732. The number of aliphatic hydroxyl groups is 1. The largest absolute Gasteiger partial charge is 0.493 e. The summed E-state index contributed by atoms with van der Waals surface area (Å²) in [7, 11) is 0. The Bertz CT molecular complexity index is 579. The predicted molar refractivity (Wildman–Crippen MR) is 85.0 cm³/mol. The van der Waals surface area contributed by atoms with Gasteiger partial charge in [-0.1, -0.05) is 59.3 Å². The van der Waals surface area contributed by atoms with Crippen LogP contribution in [-0.4, -0.2) is 11.7 Å². The Kier molecular flexibility index (Phi) is 4.84. The Morgan fingerprint density at radius 1 is 1.05 bits per heavy atom. The van der Waals surface area contributed by atoms with E-state index in [1.165, 1.54) is 0 Å². The maximum atomic E-state index is 11.0. The second kappa shape index (κ2) is 6.42. The first-order valence-electron chi connectivity index (χ1n) is 6.77. The van der Waals surface area contributed by atoms with Crippen molar-refractivity contribution in [3.05, 3.63) is 64.1 Å². The number of benzene rings is 2. The van der Waals surface area contributed by atoms with E-state index in [1.54, 1.807) is 6.92 Å². The van der Waals surface area contributed by atoms with Crippen LogP contribution in [0.15, 0.2) is 53.0 Å². The standard InChI is InChI=1S/C17H19BrO2/c1-3-12-20-16-11-7-5-9-14(16)17(2,19)13-8-4-6-10-15(13)18/h4-11,19H,3,12H2,1-2H3. The lowest BCUT2D eigenvalue weighted by molar-refractivity contribution is 0.0970. The number of ether oxygens (including phenoxy) is 1. The van der Waals surface area contributed by atoms with Gasteiger partial charge in [0, 0.05) is 15.6 Å². The lowest BCUT2D eigenvalue weighted by atomic mass is 9.87. The molecule has 2 nitrogen and oxygen atoms in total. The fourth-order valence-electron chi connectivity index (χ4n) is 2.21. The summed E-state index contributed by atoms with van der Waals surface area (Å²) in [6.45, 7) is 4.50. The zero-order valence-electron chi connectivity index (χ0n) is 11.8. The number of hydrogen-bond acceptors (Lipinski definition) is 2. The molecule has 0 heterocycles. The lowest BCUT2D eigenvalue weighted by Gasteiger charge is -2.27. The normalized spacial score (nSPS) is 13.8. The van der Waals surface area contributed by atoms with Crippen LogP contribution in [0.1, 0.15) is 31.4 Å². The van der Waals surface area contributed by atoms with Crippen LogP contribution in [0.25, 0.3) is 0 Å². The summed E-state index contributed by atoms with van der Waals surface area (Å²) < 4.78 is 6.64. The van der Waals surface area contributed by atoms with Gasteiger partial charge in [0.1, 0.15) is 11.4 Å². The second-order valence-electron chi connectivity index (χ2n) is 4.90. The van der Waals surface area contributed by atoms with Crippen molar-refractivity contribution in [1.29, 1.82) is 0 Å². The van der Waals surface area contributed by atoms with Gasteiger partial charge in [0.2, 0.25) is 0 Å². The molecule has 0 aliphatic carbocycles. The summed E-state index contributed by atoms with van der Waals surface area (Å²) in [5, 5.41) is 11.0. The Balaban J connectivity index is 2.46. The quantitative estimate of drug-likeness (QED) is 0.872. The van der Waals surface area contributed by atoms with Crippen molar-refractivity contribution in [2.75, 3.05) is 6.61 Å². The highest BCUT2D eigenvalue weighted by Crippen LogP contribution is 2.38. The summed E-state index contributed by atoms with van der Waals surface area (Å²) >= 11 is 3.51.